The monoisotopic (exact) mass is 331 g/mol. The van der Waals surface area contributed by atoms with Crippen molar-refractivity contribution >= 4 is 17.6 Å². The molecule has 1 aromatic carbocycles. The smallest absolute Gasteiger partial charge is 0.341 e. The number of hydrogen-bond acceptors (Lipinski definition) is 5. The van der Waals surface area contributed by atoms with Gasteiger partial charge in [0.1, 0.15) is 5.69 Å². The molecule has 0 aliphatic carbocycles. The fourth-order valence-electron chi connectivity index (χ4n) is 1.88. The van der Waals surface area contributed by atoms with Crippen molar-refractivity contribution in [3.63, 3.8) is 0 Å². The van der Waals surface area contributed by atoms with E-state index < -0.39 is 12.6 Å². The molecule has 2 rings (SSSR count). The lowest BCUT2D eigenvalue weighted by atomic mass is 10.1. The molecule has 0 fully saturated rings. The molecule has 0 bridgehead atoms. The van der Waals surface area contributed by atoms with Crippen molar-refractivity contribution in [1.82, 2.24) is 10.4 Å². The maximum atomic E-state index is 11.8. The van der Waals surface area contributed by atoms with E-state index in [1.165, 1.54) is 7.11 Å². The molecule has 2 aromatic rings. The Balaban J connectivity index is 2.11. The largest absolute Gasteiger partial charge is 0.493 e. The molecule has 0 aliphatic heterocycles. The lowest BCUT2D eigenvalue weighted by Gasteiger charge is -2.11. The normalized spacial score (nSPS) is 11.0. The minimum Gasteiger partial charge on any atom is -0.493 e. The van der Waals surface area contributed by atoms with Gasteiger partial charge in [0.2, 0.25) is 0 Å². The van der Waals surface area contributed by atoms with Gasteiger partial charge in [-0.05, 0) is 37.3 Å². The number of hydrogen-bond donors (Lipinski definition) is 3. The number of rotatable bonds is 7. The minimum atomic E-state index is -1.08. The van der Waals surface area contributed by atoms with Crippen LogP contribution < -0.4 is 14.9 Å². The Hall–Kier alpha value is -3.29. The molecule has 8 heteroatoms. The molecule has 24 heavy (non-hydrogen) atoms. The zero-order chi connectivity index (χ0) is 17.5. The van der Waals surface area contributed by atoms with Crippen molar-refractivity contribution in [3.05, 3.63) is 47.8 Å². The number of hydrazone groups is 1. The van der Waals surface area contributed by atoms with Crippen LogP contribution in [0.1, 0.15) is 23.0 Å². The molecule has 0 unspecified atom stereocenters. The average Bonchev–Trinajstić information content (AvgIpc) is 3.11. The molecule has 1 aromatic heterocycles. The van der Waals surface area contributed by atoms with Crippen molar-refractivity contribution in [1.29, 1.82) is 0 Å². The highest BCUT2D eigenvalue weighted by Gasteiger charge is 2.10. The highest BCUT2D eigenvalue weighted by molar-refractivity contribution is 6.00. The first kappa shape index (κ1) is 17.1. The number of benzene rings is 1. The van der Waals surface area contributed by atoms with Crippen molar-refractivity contribution in [2.75, 3.05) is 13.7 Å². The molecular weight excluding hydrogens is 314 g/mol. The van der Waals surface area contributed by atoms with E-state index in [-0.39, 0.29) is 5.91 Å². The molecule has 0 saturated heterocycles. The fourth-order valence-corrected chi connectivity index (χ4v) is 1.88. The van der Waals surface area contributed by atoms with Gasteiger partial charge in [-0.3, -0.25) is 4.79 Å². The average molecular weight is 331 g/mol. The Morgan fingerprint density at radius 2 is 2.08 bits per heavy atom. The molecule has 0 atom stereocenters. The van der Waals surface area contributed by atoms with E-state index in [9.17, 15) is 9.59 Å². The number of carbonyl (C=O) groups excluding carboxylic acids is 1. The van der Waals surface area contributed by atoms with Crippen LogP contribution in [0.3, 0.4) is 0 Å². The van der Waals surface area contributed by atoms with E-state index in [4.69, 9.17) is 14.6 Å². The molecule has 0 aliphatic rings. The maximum Gasteiger partial charge on any atom is 0.341 e. The lowest BCUT2D eigenvalue weighted by molar-refractivity contribution is -0.139. The SMILES string of the molecule is COc1cc(/C(C)=N\NC(=O)c2ccc[nH]2)ccc1OCC(=O)O. The topological polar surface area (TPSA) is 113 Å². The predicted octanol–water partition coefficient (Wildman–Crippen LogP) is 1.64. The number of nitrogens with zero attached hydrogens (tertiary/aromatic N) is 1. The molecule has 0 radical (unpaired) electrons. The van der Waals surface area contributed by atoms with E-state index in [2.05, 4.69) is 15.5 Å². The molecule has 0 spiro atoms. The number of amides is 1. The van der Waals surface area contributed by atoms with E-state index >= 15 is 0 Å². The van der Waals surface area contributed by atoms with Gasteiger partial charge in [-0.25, -0.2) is 10.2 Å². The van der Waals surface area contributed by atoms with E-state index in [0.717, 1.165) is 0 Å². The van der Waals surface area contributed by atoms with Crippen LogP contribution in [0, 0.1) is 0 Å². The van der Waals surface area contributed by atoms with Crippen LogP contribution in [0.4, 0.5) is 0 Å². The summed E-state index contributed by atoms with van der Waals surface area (Å²) in [6, 6.07) is 8.28. The Bertz CT molecular complexity index is 753. The molecule has 3 N–H and O–H groups in total. The van der Waals surface area contributed by atoms with Gasteiger partial charge in [-0.1, -0.05) is 0 Å². The summed E-state index contributed by atoms with van der Waals surface area (Å²) in [6.45, 7) is 1.26. The third-order valence-corrected chi connectivity index (χ3v) is 3.10. The molecule has 126 valence electrons. The molecule has 1 heterocycles. The van der Waals surface area contributed by atoms with Crippen LogP contribution in [0.2, 0.25) is 0 Å². The number of methoxy groups -OCH3 is 1. The third kappa shape index (κ3) is 4.35. The van der Waals surface area contributed by atoms with Crippen LogP contribution in [0.5, 0.6) is 11.5 Å². The predicted molar refractivity (Wildman–Crippen MR) is 86.6 cm³/mol. The molecule has 0 saturated carbocycles. The van der Waals surface area contributed by atoms with Gasteiger partial charge in [-0.15, -0.1) is 0 Å². The van der Waals surface area contributed by atoms with Gasteiger partial charge in [0.05, 0.1) is 12.8 Å². The number of nitrogens with one attached hydrogen (secondary N) is 2. The van der Waals surface area contributed by atoms with Gasteiger partial charge in [-0.2, -0.15) is 5.10 Å². The summed E-state index contributed by atoms with van der Waals surface area (Å²) in [5.41, 5.74) is 4.10. The quantitative estimate of drug-likeness (QED) is 0.527. The minimum absolute atomic E-state index is 0.312. The summed E-state index contributed by atoms with van der Waals surface area (Å²) in [5.74, 6) is -0.746. The first-order valence-corrected chi connectivity index (χ1v) is 7.02. The number of H-pyrrole nitrogens is 1. The van der Waals surface area contributed by atoms with Gasteiger partial charge < -0.3 is 19.6 Å². The summed E-state index contributed by atoms with van der Waals surface area (Å²) < 4.78 is 10.3. The number of carboxylic acids is 1. The van der Waals surface area contributed by atoms with Crippen LogP contribution in [0.25, 0.3) is 0 Å². The van der Waals surface area contributed by atoms with Crippen molar-refractivity contribution in [2.24, 2.45) is 5.10 Å². The number of aromatic amines is 1. The molecule has 1 amide bonds. The van der Waals surface area contributed by atoms with Crippen LogP contribution in [-0.4, -0.2) is 41.4 Å². The van der Waals surface area contributed by atoms with Crippen molar-refractivity contribution < 1.29 is 24.2 Å². The lowest BCUT2D eigenvalue weighted by Crippen LogP contribution is -2.19. The second-order valence-electron chi connectivity index (χ2n) is 4.77. The third-order valence-electron chi connectivity index (χ3n) is 3.10. The van der Waals surface area contributed by atoms with Crippen LogP contribution >= 0.6 is 0 Å². The fraction of sp³-hybridized carbons (Fsp3) is 0.188. The molecular formula is C16H17N3O5. The summed E-state index contributed by atoms with van der Waals surface area (Å²) in [7, 11) is 1.45. The maximum absolute atomic E-state index is 11.8. The zero-order valence-corrected chi connectivity index (χ0v) is 13.2. The van der Waals surface area contributed by atoms with E-state index in [1.54, 1.807) is 43.5 Å². The Morgan fingerprint density at radius 3 is 2.71 bits per heavy atom. The van der Waals surface area contributed by atoms with E-state index in [0.29, 0.717) is 28.5 Å². The number of ether oxygens (including phenoxy) is 2. The van der Waals surface area contributed by atoms with Gasteiger partial charge >= 0.3 is 5.97 Å². The second-order valence-corrected chi connectivity index (χ2v) is 4.77. The Morgan fingerprint density at radius 1 is 1.29 bits per heavy atom. The number of aromatic nitrogens is 1. The van der Waals surface area contributed by atoms with Crippen molar-refractivity contribution in [2.45, 2.75) is 6.92 Å². The molecule has 8 nitrogen and oxygen atoms in total. The van der Waals surface area contributed by atoms with E-state index in [1.807, 2.05) is 0 Å². The standard InChI is InChI=1S/C16H17N3O5/c1-10(18-19-16(22)12-4-3-7-17-12)11-5-6-13(14(8-11)23-2)24-9-15(20)21/h3-8,17H,9H2,1-2H3,(H,19,22)(H,20,21)/b18-10-. The second kappa shape index (κ2) is 7.82. The number of aliphatic carboxylic acids is 1. The summed E-state index contributed by atoms with van der Waals surface area (Å²) in [5, 5.41) is 12.7. The zero-order valence-electron chi connectivity index (χ0n) is 13.2. The Kier molecular flexibility index (Phi) is 5.56. The van der Waals surface area contributed by atoms with Gasteiger partial charge in [0.25, 0.3) is 5.91 Å². The van der Waals surface area contributed by atoms with Crippen molar-refractivity contribution in [3.8, 4) is 11.5 Å². The Labute approximate surface area is 138 Å². The number of carboxylic acid groups (broad SMARTS) is 1. The first-order valence-electron chi connectivity index (χ1n) is 7.02. The number of carbonyl (C=O) groups is 2. The highest BCUT2D eigenvalue weighted by atomic mass is 16.5. The highest BCUT2D eigenvalue weighted by Crippen LogP contribution is 2.28. The van der Waals surface area contributed by atoms with Crippen LogP contribution in [-0.2, 0) is 4.79 Å². The van der Waals surface area contributed by atoms with Gasteiger partial charge in [0, 0.05) is 11.8 Å². The summed E-state index contributed by atoms with van der Waals surface area (Å²) in [4.78, 5) is 25.2. The van der Waals surface area contributed by atoms with Crippen LogP contribution in [0.15, 0.2) is 41.6 Å². The van der Waals surface area contributed by atoms with Gasteiger partial charge in [0.15, 0.2) is 18.1 Å². The first-order chi connectivity index (χ1) is 11.5. The summed E-state index contributed by atoms with van der Waals surface area (Å²) in [6.07, 6.45) is 1.65. The summed E-state index contributed by atoms with van der Waals surface area (Å²) >= 11 is 0.